The molecule has 0 radical (unpaired) electrons. The fraction of sp³-hybridized carbons (Fsp3) is 0.0476. The summed E-state index contributed by atoms with van der Waals surface area (Å²) in [4.78, 5) is 27.5. The molecule has 0 saturated heterocycles. The van der Waals surface area contributed by atoms with Gasteiger partial charge in [0.2, 0.25) is 0 Å². The first kappa shape index (κ1) is 29.0. The van der Waals surface area contributed by atoms with Crippen LogP contribution in [0, 0.1) is 0 Å². The summed E-state index contributed by atoms with van der Waals surface area (Å²) < 4.78 is 5.94. The van der Waals surface area contributed by atoms with E-state index in [0.29, 0.717) is 17.5 Å². The molecule has 0 aliphatic carbocycles. The number of hydrogen-bond acceptors (Lipinski definition) is 5. The van der Waals surface area contributed by atoms with Gasteiger partial charge in [-0.05, 0) is 46.5 Å². The lowest BCUT2D eigenvalue weighted by Gasteiger charge is -2.10. The summed E-state index contributed by atoms with van der Waals surface area (Å²) >= 11 is 1.84. The third-order valence-electron chi connectivity index (χ3n) is 9.25. The highest BCUT2D eigenvalue weighted by molar-refractivity contribution is 7.26. The number of rotatable bonds is 5. The molecule has 3 aromatic heterocycles. The summed E-state index contributed by atoms with van der Waals surface area (Å²) in [6.07, 6.45) is 0. The highest BCUT2D eigenvalue weighted by Crippen LogP contribution is 2.40. The van der Waals surface area contributed by atoms with Crippen LogP contribution in [0.4, 0.5) is 0 Å². The van der Waals surface area contributed by atoms with E-state index in [9.17, 15) is 4.79 Å². The maximum Gasteiger partial charge on any atom is 0.328 e. The van der Waals surface area contributed by atoms with Gasteiger partial charge < -0.3 is 0 Å². The van der Waals surface area contributed by atoms with Gasteiger partial charge in [-0.3, -0.25) is 9.13 Å². The normalized spacial score (nSPS) is 11.6. The number of thiophene rings is 1. The highest BCUT2D eigenvalue weighted by Gasteiger charge is 2.15. The number of hydrogen-bond donors (Lipinski definition) is 0. The van der Waals surface area contributed by atoms with Crippen molar-refractivity contribution in [1.29, 1.82) is 0 Å². The second-order valence-corrected chi connectivity index (χ2v) is 13.3. The topological polar surface area (TPSA) is 65.6 Å². The third kappa shape index (κ3) is 4.94. The van der Waals surface area contributed by atoms with Crippen LogP contribution in [0.25, 0.3) is 87.6 Å². The van der Waals surface area contributed by atoms with E-state index in [1.54, 1.807) is 23.2 Å². The number of aryl methyl sites for hydroxylation is 2. The van der Waals surface area contributed by atoms with Crippen LogP contribution >= 0.6 is 11.3 Å². The van der Waals surface area contributed by atoms with Crippen molar-refractivity contribution in [3.8, 4) is 56.4 Å². The van der Waals surface area contributed by atoms with Gasteiger partial charge in [0.15, 0.2) is 17.5 Å². The molecule has 0 atom stereocenters. The Labute approximate surface area is 286 Å². The molecule has 0 saturated carbocycles. The smallest absolute Gasteiger partial charge is 0.295 e. The quantitative estimate of drug-likeness (QED) is 0.186. The summed E-state index contributed by atoms with van der Waals surface area (Å²) in [7, 11) is 3.60. The minimum Gasteiger partial charge on any atom is -0.295 e. The van der Waals surface area contributed by atoms with E-state index in [1.165, 1.54) is 25.7 Å². The molecule has 234 valence electrons. The van der Waals surface area contributed by atoms with Crippen molar-refractivity contribution in [2.24, 2.45) is 14.1 Å². The Kier molecular flexibility index (Phi) is 6.81. The second-order valence-electron chi connectivity index (χ2n) is 12.2. The summed E-state index contributed by atoms with van der Waals surface area (Å²) in [5.41, 5.74) is 8.86. The lowest BCUT2D eigenvalue weighted by molar-refractivity contribution is 0.795. The van der Waals surface area contributed by atoms with Crippen LogP contribution in [0.1, 0.15) is 0 Å². The highest BCUT2D eigenvalue weighted by atomic mass is 32.1. The average Bonchev–Trinajstić information content (AvgIpc) is 3.65. The maximum absolute atomic E-state index is 12.6. The van der Waals surface area contributed by atoms with Crippen molar-refractivity contribution in [3.05, 3.63) is 150 Å². The Bertz CT molecular complexity index is 2760. The van der Waals surface area contributed by atoms with Gasteiger partial charge in [-0.1, -0.05) is 115 Å². The van der Waals surface area contributed by atoms with Crippen molar-refractivity contribution < 1.29 is 0 Å². The fourth-order valence-electron chi connectivity index (χ4n) is 6.65. The Morgan fingerprint density at radius 3 is 1.82 bits per heavy atom. The van der Waals surface area contributed by atoms with Gasteiger partial charge in [0, 0.05) is 51.0 Å². The molecule has 49 heavy (non-hydrogen) atoms. The van der Waals surface area contributed by atoms with Crippen LogP contribution < -0.4 is 5.69 Å². The molecule has 6 nitrogen and oxygen atoms in total. The number of benzene rings is 6. The second kappa shape index (κ2) is 11.5. The van der Waals surface area contributed by atoms with Crippen molar-refractivity contribution in [2.45, 2.75) is 0 Å². The van der Waals surface area contributed by atoms with Crippen molar-refractivity contribution in [1.82, 2.24) is 24.1 Å². The van der Waals surface area contributed by atoms with Gasteiger partial charge in [-0.2, -0.15) is 0 Å². The van der Waals surface area contributed by atoms with Crippen LogP contribution in [0.15, 0.2) is 144 Å². The molecule has 0 spiro atoms. The number of nitrogens with zero attached hydrogens (tertiary/aromatic N) is 5. The molecule has 0 unspecified atom stereocenters. The largest absolute Gasteiger partial charge is 0.328 e. The SMILES string of the molecule is Cn1c(=O)n(C)c2cc(-c3cccc(-c4nc(-c5ccccc5)nc(-c5ccc(-c6cccc7c6sc6ccccc67)cc5)n4)c3)ccc21. The molecule has 0 aliphatic rings. The lowest BCUT2D eigenvalue weighted by atomic mass is 10.0. The molecule has 0 N–H and O–H groups in total. The standard InChI is InChI=1S/C42H29N5OS/c1-46-35-23-22-30(25-36(35)47(2)42(46)48)29-12-8-13-31(24-29)41-44-39(27-10-4-3-5-11-27)43-40(45-41)28-20-18-26(19-21-28)32-15-9-16-34-33-14-6-7-17-37(33)49-38(32)34/h3-25H,1-2H3. The molecule has 9 rings (SSSR count). The van der Waals surface area contributed by atoms with E-state index in [1.807, 2.05) is 59.9 Å². The fourth-order valence-corrected chi connectivity index (χ4v) is 7.89. The molecule has 3 heterocycles. The lowest BCUT2D eigenvalue weighted by Crippen LogP contribution is -2.19. The third-order valence-corrected chi connectivity index (χ3v) is 10.5. The maximum atomic E-state index is 12.6. The number of aromatic nitrogens is 5. The predicted molar refractivity (Wildman–Crippen MR) is 202 cm³/mol. The van der Waals surface area contributed by atoms with Gasteiger partial charge in [-0.25, -0.2) is 19.7 Å². The molecule has 0 amide bonds. The molecule has 0 aliphatic heterocycles. The van der Waals surface area contributed by atoms with Gasteiger partial charge in [0.05, 0.1) is 11.0 Å². The van der Waals surface area contributed by atoms with Crippen molar-refractivity contribution in [2.75, 3.05) is 0 Å². The monoisotopic (exact) mass is 651 g/mol. The van der Waals surface area contributed by atoms with Crippen LogP contribution in [-0.2, 0) is 14.1 Å². The first-order valence-corrected chi connectivity index (χ1v) is 16.9. The Hall–Kier alpha value is -6.18. The van der Waals surface area contributed by atoms with Crippen LogP contribution in [0.3, 0.4) is 0 Å². The summed E-state index contributed by atoms with van der Waals surface area (Å²) in [6.45, 7) is 0. The Morgan fingerprint density at radius 2 is 1.02 bits per heavy atom. The summed E-state index contributed by atoms with van der Waals surface area (Å²) in [5.74, 6) is 1.82. The molecule has 6 aromatic carbocycles. The molecular weight excluding hydrogens is 623 g/mol. The molecule has 9 aromatic rings. The minimum absolute atomic E-state index is 0.0442. The molecule has 0 bridgehead atoms. The molecule has 0 fully saturated rings. The number of imidazole rings is 1. The van der Waals surface area contributed by atoms with E-state index in [4.69, 9.17) is 15.0 Å². The van der Waals surface area contributed by atoms with E-state index < -0.39 is 0 Å². The minimum atomic E-state index is -0.0442. The molecule has 7 heteroatoms. The Morgan fingerprint density at radius 1 is 0.469 bits per heavy atom. The predicted octanol–water partition coefficient (Wildman–Crippen LogP) is 9.76. The van der Waals surface area contributed by atoms with E-state index >= 15 is 0 Å². The van der Waals surface area contributed by atoms with Crippen LogP contribution in [0.2, 0.25) is 0 Å². The van der Waals surface area contributed by atoms with Crippen molar-refractivity contribution in [3.63, 3.8) is 0 Å². The Balaban J connectivity index is 1.13. The van der Waals surface area contributed by atoms with Gasteiger partial charge in [0.1, 0.15) is 0 Å². The molecular formula is C42H29N5OS. The zero-order chi connectivity index (χ0) is 33.1. The van der Waals surface area contributed by atoms with Gasteiger partial charge >= 0.3 is 5.69 Å². The summed E-state index contributed by atoms with van der Waals surface area (Å²) in [6, 6.07) is 48.0. The zero-order valence-electron chi connectivity index (χ0n) is 26.8. The van der Waals surface area contributed by atoms with Crippen LogP contribution in [-0.4, -0.2) is 24.1 Å². The van der Waals surface area contributed by atoms with Gasteiger partial charge in [-0.15, -0.1) is 11.3 Å². The van der Waals surface area contributed by atoms with E-state index in [0.717, 1.165) is 44.4 Å². The average molecular weight is 652 g/mol. The zero-order valence-corrected chi connectivity index (χ0v) is 27.6. The van der Waals surface area contributed by atoms with E-state index in [-0.39, 0.29) is 5.69 Å². The van der Waals surface area contributed by atoms with Gasteiger partial charge in [0.25, 0.3) is 0 Å². The summed E-state index contributed by atoms with van der Waals surface area (Å²) in [5, 5.41) is 2.58. The van der Waals surface area contributed by atoms with E-state index in [2.05, 4.69) is 91.0 Å². The van der Waals surface area contributed by atoms with Crippen molar-refractivity contribution >= 4 is 42.5 Å². The first-order chi connectivity index (χ1) is 24.0. The first-order valence-electron chi connectivity index (χ1n) is 16.1. The van der Waals surface area contributed by atoms with Crippen LogP contribution in [0.5, 0.6) is 0 Å². The number of fused-ring (bicyclic) bond motifs is 4.